The maximum atomic E-state index is 14.4. The van der Waals surface area contributed by atoms with Crippen LogP contribution in [0, 0.1) is 0 Å². The minimum Gasteiger partial charge on any atom is -0.460 e. The molecular formula is C32H31Cl2F3N6O4. The molecule has 0 saturated carbocycles. The summed E-state index contributed by atoms with van der Waals surface area (Å²) in [4.78, 5) is 52.9. The number of ether oxygens (including phenoxy) is 1. The lowest BCUT2D eigenvalue weighted by Gasteiger charge is -2.36. The number of imidazole rings is 1. The second kappa shape index (κ2) is 13.0. The molecule has 0 radical (unpaired) electrons. The summed E-state index contributed by atoms with van der Waals surface area (Å²) in [5.41, 5.74) is 0.338. The zero-order chi connectivity index (χ0) is 34.4. The van der Waals surface area contributed by atoms with Crippen LogP contribution in [-0.4, -0.2) is 55.6 Å². The second-order valence-corrected chi connectivity index (χ2v) is 12.0. The van der Waals surface area contributed by atoms with Crippen LogP contribution in [0.4, 0.5) is 19.1 Å². The van der Waals surface area contributed by atoms with E-state index in [0.29, 0.717) is 27.4 Å². The first kappa shape index (κ1) is 34.0. The third-order valence-electron chi connectivity index (χ3n) is 8.29. The van der Waals surface area contributed by atoms with E-state index >= 15 is 0 Å². The van der Waals surface area contributed by atoms with Crippen LogP contribution < -0.4 is 10.5 Å². The van der Waals surface area contributed by atoms with Crippen LogP contribution in [0.15, 0.2) is 53.5 Å². The maximum absolute atomic E-state index is 14.4. The molecule has 2 atom stereocenters. The number of nitrogens with zero attached hydrogens (tertiary/aromatic N) is 6. The molecule has 5 rings (SSSR count). The number of hydrogen-bond donors (Lipinski definition) is 0. The Kier molecular flexibility index (Phi) is 9.43. The molecule has 47 heavy (non-hydrogen) atoms. The van der Waals surface area contributed by atoms with Gasteiger partial charge in [-0.1, -0.05) is 35.3 Å². The first-order valence-electron chi connectivity index (χ1n) is 14.6. The van der Waals surface area contributed by atoms with Crippen molar-refractivity contribution in [1.82, 2.24) is 24.0 Å². The summed E-state index contributed by atoms with van der Waals surface area (Å²) in [5.74, 6) is -0.708. The fraction of sp³-hybridized carbons (Fsp3) is 0.344. The van der Waals surface area contributed by atoms with Crippen LogP contribution in [0.5, 0.6) is 0 Å². The van der Waals surface area contributed by atoms with Crippen molar-refractivity contribution >= 4 is 41.0 Å². The van der Waals surface area contributed by atoms with E-state index in [1.54, 1.807) is 43.8 Å². The highest BCUT2D eigenvalue weighted by molar-refractivity contribution is 6.42. The Morgan fingerprint density at radius 3 is 2.43 bits per heavy atom. The molecule has 248 valence electrons. The number of esters is 1. The molecule has 0 N–H and O–H groups in total. The van der Waals surface area contributed by atoms with Crippen LogP contribution >= 0.6 is 23.2 Å². The van der Waals surface area contributed by atoms with E-state index in [1.165, 1.54) is 39.6 Å². The summed E-state index contributed by atoms with van der Waals surface area (Å²) >= 11 is 12.2. The highest BCUT2D eigenvalue weighted by Crippen LogP contribution is 2.33. The second-order valence-electron chi connectivity index (χ2n) is 11.2. The molecule has 0 unspecified atom stereocenters. The Hall–Kier alpha value is -4.36. The molecule has 3 heterocycles. The third-order valence-corrected chi connectivity index (χ3v) is 9.03. The van der Waals surface area contributed by atoms with Gasteiger partial charge in [-0.15, -0.1) is 0 Å². The van der Waals surface area contributed by atoms with Gasteiger partial charge in [0.25, 0.3) is 11.5 Å². The van der Waals surface area contributed by atoms with E-state index in [1.807, 2.05) is 6.92 Å². The van der Waals surface area contributed by atoms with Crippen LogP contribution in [0.3, 0.4) is 0 Å². The van der Waals surface area contributed by atoms with Crippen molar-refractivity contribution in [2.24, 2.45) is 7.05 Å². The van der Waals surface area contributed by atoms with Gasteiger partial charge in [0.2, 0.25) is 11.8 Å². The molecule has 15 heteroatoms. The van der Waals surface area contributed by atoms with Crippen molar-refractivity contribution < 1.29 is 27.5 Å². The Balaban J connectivity index is 1.63. The number of aromatic nitrogens is 4. The fourth-order valence-corrected chi connectivity index (χ4v) is 5.80. The number of carbonyl (C=O) groups is 2. The molecule has 2 aromatic carbocycles. The van der Waals surface area contributed by atoms with Gasteiger partial charge in [-0.2, -0.15) is 13.2 Å². The first-order chi connectivity index (χ1) is 22.1. The van der Waals surface area contributed by atoms with Crippen molar-refractivity contribution in [2.45, 2.75) is 52.0 Å². The van der Waals surface area contributed by atoms with Crippen molar-refractivity contribution in [2.75, 3.05) is 18.6 Å². The maximum Gasteiger partial charge on any atom is 0.416 e. The van der Waals surface area contributed by atoms with Crippen LogP contribution in [0.1, 0.15) is 70.2 Å². The Labute approximate surface area is 278 Å². The number of amides is 1. The summed E-state index contributed by atoms with van der Waals surface area (Å²) in [5, 5.41) is 0.529. The molecular weight excluding hydrogens is 660 g/mol. The van der Waals surface area contributed by atoms with E-state index in [0.717, 1.165) is 12.1 Å². The molecule has 0 fully saturated rings. The van der Waals surface area contributed by atoms with Crippen molar-refractivity contribution in [1.29, 1.82) is 0 Å². The lowest BCUT2D eigenvalue weighted by Crippen LogP contribution is -2.46. The molecule has 0 saturated heterocycles. The third kappa shape index (κ3) is 6.46. The molecule has 0 spiro atoms. The van der Waals surface area contributed by atoms with Gasteiger partial charge in [0.1, 0.15) is 5.82 Å². The average Bonchev–Trinajstić information content (AvgIpc) is 3.41. The summed E-state index contributed by atoms with van der Waals surface area (Å²) < 4.78 is 47.6. The predicted molar refractivity (Wildman–Crippen MR) is 170 cm³/mol. The average molecular weight is 692 g/mol. The molecule has 0 aliphatic carbocycles. The van der Waals surface area contributed by atoms with Crippen LogP contribution in [-0.2, 0) is 30.9 Å². The van der Waals surface area contributed by atoms with Gasteiger partial charge in [0, 0.05) is 31.3 Å². The SMILES string of the molecule is CCOC(=O)c1ncc(-n2c(N(C)[C@@H](C)c3ccc(C(F)(F)F)cc3)nc3c(c2=O)C[C@@H](C)N(C(=O)c2ccc(Cl)c(Cl)c2)C3)n1C. The summed E-state index contributed by atoms with van der Waals surface area (Å²) in [6.45, 7) is 5.36. The molecule has 0 bridgehead atoms. The number of anilines is 1. The van der Waals surface area contributed by atoms with Crippen molar-refractivity contribution in [3.05, 3.63) is 103 Å². The molecule has 2 aromatic heterocycles. The largest absolute Gasteiger partial charge is 0.460 e. The highest BCUT2D eigenvalue weighted by Gasteiger charge is 2.34. The Morgan fingerprint density at radius 1 is 1.13 bits per heavy atom. The van der Waals surface area contributed by atoms with E-state index < -0.39 is 35.4 Å². The van der Waals surface area contributed by atoms with Crippen LogP contribution in [0.2, 0.25) is 10.0 Å². The van der Waals surface area contributed by atoms with Gasteiger partial charge in [-0.3, -0.25) is 9.59 Å². The van der Waals surface area contributed by atoms with E-state index in [9.17, 15) is 27.6 Å². The van der Waals surface area contributed by atoms with Gasteiger partial charge in [0.15, 0.2) is 0 Å². The van der Waals surface area contributed by atoms with Gasteiger partial charge >= 0.3 is 12.1 Å². The molecule has 1 amide bonds. The summed E-state index contributed by atoms with van der Waals surface area (Å²) in [6.07, 6.45) is -2.97. The van der Waals surface area contributed by atoms with Crippen molar-refractivity contribution in [3.63, 3.8) is 0 Å². The number of benzene rings is 2. The lowest BCUT2D eigenvalue weighted by atomic mass is 9.98. The molecule has 10 nitrogen and oxygen atoms in total. The zero-order valence-electron chi connectivity index (χ0n) is 26.1. The minimum atomic E-state index is -4.50. The smallest absolute Gasteiger partial charge is 0.416 e. The molecule has 4 aromatic rings. The number of rotatable bonds is 7. The quantitative estimate of drug-likeness (QED) is 0.211. The van der Waals surface area contributed by atoms with Crippen LogP contribution in [0.25, 0.3) is 5.82 Å². The predicted octanol–water partition coefficient (Wildman–Crippen LogP) is 6.25. The molecule has 1 aliphatic heterocycles. The normalized spacial score (nSPS) is 15.3. The monoisotopic (exact) mass is 690 g/mol. The summed E-state index contributed by atoms with van der Waals surface area (Å²) in [7, 11) is 3.21. The lowest BCUT2D eigenvalue weighted by molar-refractivity contribution is -0.137. The summed E-state index contributed by atoms with van der Waals surface area (Å²) in [6, 6.07) is 8.34. The minimum absolute atomic E-state index is 0.000617. The van der Waals surface area contributed by atoms with E-state index in [-0.39, 0.29) is 48.1 Å². The number of halogens is 5. The molecule has 1 aliphatic rings. The van der Waals surface area contributed by atoms with Gasteiger partial charge in [-0.05, 0) is 63.1 Å². The topological polar surface area (TPSA) is 103 Å². The Bertz CT molecular complexity index is 1910. The highest BCUT2D eigenvalue weighted by atomic mass is 35.5. The Morgan fingerprint density at radius 2 is 1.81 bits per heavy atom. The van der Waals surface area contributed by atoms with Gasteiger partial charge in [0.05, 0.1) is 46.7 Å². The standard InChI is InChI=1S/C32H31Cl2F3N6O4/c1-6-47-30(46)27-38-15-26(41(27)5)43-29(45)22-13-17(2)42(28(44)20-9-12-23(33)24(34)14-20)16-25(22)39-31(43)40(4)18(3)19-7-10-21(11-8-19)32(35,36)37/h7-12,14-15,17-18H,6,13,16H2,1-5H3/t17-,18+/m1/s1. The first-order valence-corrected chi connectivity index (χ1v) is 15.4. The van der Waals surface area contributed by atoms with E-state index in [4.69, 9.17) is 32.9 Å². The van der Waals surface area contributed by atoms with E-state index in [2.05, 4.69) is 4.98 Å². The van der Waals surface area contributed by atoms with Crippen molar-refractivity contribution in [3.8, 4) is 5.82 Å². The zero-order valence-corrected chi connectivity index (χ0v) is 27.6. The number of alkyl halides is 3. The van der Waals surface area contributed by atoms with Gasteiger partial charge < -0.3 is 19.1 Å². The number of carbonyl (C=O) groups excluding carboxylic acids is 2. The van der Waals surface area contributed by atoms with Gasteiger partial charge in [-0.25, -0.2) is 19.3 Å². The number of fused-ring (bicyclic) bond motifs is 1. The fourth-order valence-electron chi connectivity index (χ4n) is 5.50. The number of hydrogen-bond acceptors (Lipinski definition) is 7.